The van der Waals surface area contributed by atoms with Crippen molar-refractivity contribution in [3.8, 4) is 11.9 Å². The molecular weight excluding hydrogens is 254 g/mol. The molecule has 2 heterocycles. The fourth-order valence-corrected chi connectivity index (χ4v) is 1.72. The van der Waals surface area contributed by atoms with Crippen molar-refractivity contribution >= 4 is 22.5 Å². The summed E-state index contributed by atoms with van der Waals surface area (Å²) in [6.45, 7) is 0. The molecular formula is C11H8ClN5O. The van der Waals surface area contributed by atoms with E-state index in [0.717, 1.165) is 5.39 Å². The molecule has 3 aromatic rings. The number of aryl methyl sites for hydroxylation is 1. The van der Waals surface area contributed by atoms with E-state index in [2.05, 4.69) is 20.1 Å². The lowest BCUT2D eigenvalue weighted by atomic mass is 10.2. The minimum atomic E-state index is 0.125. The molecule has 0 saturated carbocycles. The van der Waals surface area contributed by atoms with Crippen LogP contribution in [0.3, 0.4) is 0 Å². The van der Waals surface area contributed by atoms with E-state index in [9.17, 15) is 0 Å². The summed E-state index contributed by atoms with van der Waals surface area (Å²) in [6, 6.07) is 7.65. The van der Waals surface area contributed by atoms with Crippen LogP contribution in [0.25, 0.3) is 10.9 Å². The van der Waals surface area contributed by atoms with E-state index < -0.39 is 0 Å². The normalized spacial score (nSPS) is 10.8. The molecule has 1 aromatic carbocycles. The summed E-state index contributed by atoms with van der Waals surface area (Å²) in [5.74, 6) is 0.344. The fourth-order valence-electron chi connectivity index (χ4n) is 1.55. The van der Waals surface area contributed by atoms with Gasteiger partial charge in [0.1, 0.15) is 6.33 Å². The smallest absolute Gasteiger partial charge is 0.342 e. The fraction of sp³-hybridized carbons (Fsp3) is 0.0909. The summed E-state index contributed by atoms with van der Waals surface area (Å²) in [4.78, 5) is 12.1. The Bertz CT molecular complexity index is 711. The highest BCUT2D eigenvalue weighted by molar-refractivity contribution is 6.28. The van der Waals surface area contributed by atoms with Gasteiger partial charge in [-0.2, -0.15) is 9.97 Å². The number of fused-ring (bicyclic) bond motifs is 1. The lowest BCUT2D eigenvalue weighted by Gasteiger charge is -2.04. The summed E-state index contributed by atoms with van der Waals surface area (Å²) in [7, 11) is 1.75. The van der Waals surface area contributed by atoms with Crippen molar-refractivity contribution in [2.24, 2.45) is 7.05 Å². The van der Waals surface area contributed by atoms with Gasteiger partial charge in [-0.05, 0) is 23.7 Å². The molecule has 0 amide bonds. The number of hydrogen-bond donors (Lipinski definition) is 0. The molecule has 2 aromatic heterocycles. The number of rotatable bonds is 2. The first-order valence-corrected chi connectivity index (χ1v) is 5.56. The number of nitrogens with zero attached hydrogens (tertiary/aromatic N) is 5. The summed E-state index contributed by atoms with van der Waals surface area (Å²) in [5.41, 5.74) is 0.712. The van der Waals surface area contributed by atoms with Gasteiger partial charge in [0.25, 0.3) is 0 Å². The lowest BCUT2D eigenvalue weighted by Crippen LogP contribution is -1.95. The Morgan fingerprint density at radius 3 is 2.83 bits per heavy atom. The second-order valence-electron chi connectivity index (χ2n) is 3.62. The maximum Gasteiger partial charge on any atom is 0.342 e. The van der Waals surface area contributed by atoms with E-state index in [0.29, 0.717) is 11.4 Å². The first kappa shape index (κ1) is 10.9. The number of hydrogen-bond acceptors (Lipinski definition) is 5. The summed E-state index contributed by atoms with van der Waals surface area (Å²) in [6.07, 6.45) is 1.54. The minimum Gasteiger partial charge on any atom is -0.403 e. The predicted molar refractivity (Wildman–Crippen MR) is 65.6 cm³/mol. The summed E-state index contributed by atoms with van der Waals surface area (Å²) >= 11 is 5.85. The van der Waals surface area contributed by atoms with Crippen LogP contribution in [0.2, 0.25) is 5.28 Å². The molecule has 0 aliphatic rings. The first-order chi connectivity index (χ1) is 8.72. The van der Waals surface area contributed by atoms with E-state index in [1.807, 2.05) is 24.3 Å². The molecule has 0 atom stereocenters. The van der Waals surface area contributed by atoms with Gasteiger partial charge in [0.05, 0.1) is 10.9 Å². The molecule has 90 valence electrons. The third-order valence-electron chi connectivity index (χ3n) is 2.31. The van der Waals surface area contributed by atoms with E-state index in [-0.39, 0.29) is 11.3 Å². The Morgan fingerprint density at radius 1 is 1.22 bits per heavy atom. The molecule has 0 aliphatic heterocycles. The number of halogens is 1. The molecule has 0 unspecified atom stereocenters. The zero-order valence-corrected chi connectivity index (χ0v) is 10.2. The average molecular weight is 262 g/mol. The standard InChI is InChI=1S/C11H8ClN5O/c1-17-6-13-11(16-17)18-9-7-4-2-3-5-8(7)14-10(12)15-9/h2-6H,1H3. The van der Waals surface area contributed by atoms with E-state index in [4.69, 9.17) is 16.3 Å². The topological polar surface area (TPSA) is 65.7 Å². The molecule has 0 fully saturated rings. The SMILES string of the molecule is Cn1cnc(Oc2nc(Cl)nc3ccccc23)n1. The van der Waals surface area contributed by atoms with Gasteiger partial charge in [0.15, 0.2) is 0 Å². The largest absolute Gasteiger partial charge is 0.403 e. The molecule has 0 spiro atoms. The number of para-hydroxylation sites is 1. The molecule has 18 heavy (non-hydrogen) atoms. The summed E-state index contributed by atoms with van der Waals surface area (Å²) < 4.78 is 7.06. The third kappa shape index (κ3) is 1.98. The highest BCUT2D eigenvalue weighted by atomic mass is 35.5. The van der Waals surface area contributed by atoms with Gasteiger partial charge in [-0.3, -0.25) is 4.68 Å². The highest BCUT2D eigenvalue weighted by Crippen LogP contribution is 2.26. The number of benzene rings is 1. The number of ether oxygens (including phenoxy) is 1. The molecule has 0 radical (unpaired) electrons. The molecule has 0 bridgehead atoms. The molecule has 0 N–H and O–H groups in total. The molecule has 0 aliphatic carbocycles. The van der Waals surface area contributed by atoms with Gasteiger partial charge >= 0.3 is 6.01 Å². The Labute approximate surface area is 107 Å². The van der Waals surface area contributed by atoms with Crippen LogP contribution in [0.5, 0.6) is 11.9 Å². The van der Waals surface area contributed by atoms with Crippen LogP contribution in [0.4, 0.5) is 0 Å². The summed E-state index contributed by atoms with van der Waals surface area (Å²) in [5, 5.41) is 4.91. The van der Waals surface area contributed by atoms with Crippen LogP contribution >= 0.6 is 11.6 Å². The van der Waals surface area contributed by atoms with Crippen LogP contribution in [-0.4, -0.2) is 24.7 Å². The van der Waals surface area contributed by atoms with Crippen molar-refractivity contribution in [2.45, 2.75) is 0 Å². The Morgan fingerprint density at radius 2 is 2.06 bits per heavy atom. The first-order valence-electron chi connectivity index (χ1n) is 5.18. The van der Waals surface area contributed by atoms with Crippen molar-refractivity contribution in [1.82, 2.24) is 24.7 Å². The molecule has 6 nitrogen and oxygen atoms in total. The van der Waals surface area contributed by atoms with Crippen molar-refractivity contribution in [2.75, 3.05) is 0 Å². The van der Waals surface area contributed by atoms with Crippen molar-refractivity contribution in [3.05, 3.63) is 35.9 Å². The van der Waals surface area contributed by atoms with E-state index in [1.165, 1.54) is 0 Å². The van der Waals surface area contributed by atoms with Crippen LogP contribution in [0, 0.1) is 0 Å². The zero-order valence-electron chi connectivity index (χ0n) is 9.41. The van der Waals surface area contributed by atoms with Crippen molar-refractivity contribution < 1.29 is 4.74 Å². The lowest BCUT2D eigenvalue weighted by molar-refractivity contribution is 0.427. The van der Waals surface area contributed by atoms with Crippen LogP contribution < -0.4 is 4.74 Å². The van der Waals surface area contributed by atoms with Crippen molar-refractivity contribution in [1.29, 1.82) is 0 Å². The Balaban J connectivity index is 2.10. The molecule has 7 heteroatoms. The van der Waals surface area contributed by atoms with Crippen LogP contribution in [-0.2, 0) is 7.05 Å². The Kier molecular flexibility index (Phi) is 2.56. The quantitative estimate of drug-likeness (QED) is 0.662. The van der Waals surface area contributed by atoms with E-state index in [1.54, 1.807) is 18.1 Å². The van der Waals surface area contributed by atoms with E-state index >= 15 is 0 Å². The van der Waals surface area contributed by atoms with Gasteiger partial charge < -0.3 is 4.74 Å². The van der Waals surface area contributed by atoms with Crippen LogP contribution in [0.15, 0.2) is 30.6 Å². The highest BCUT2D eigenvalue weighted by Gasteiger charge is 2.10. The van der Waals surface area contributed by atoms with Crippen molar-refractivity contribution in [3.63, 3.8) is 0 Å². The van der Waals surface area contributed by atoms with Crippen LogP contribution in [0.1, 0.15) is 0 Å². The zero-order chi connectivity index (χ0) is 12.5. The minimum absolute atomic E-state index is 0.125. The third-order valence-corrected chi connectivity index (χ3v) is 2.48. The monoisotopic (exact) mass is 261 g/mol. The van der Waals surface area contributed by atoms with Gasteiger partial charge in [0, 0.05) is 7.05 Å². The molecule has 0 saturated heterocycles. The molecule has 3 rings (SSSR count). The maximum atomic E-state index is 5.85. The Hall–Kier alpha value is -2.21. The van der Waals surface area contributed by atoms with Gasteiger partial charge in [-0.15, -0.1) is 5.10 Å². The van der Waals surface area contributed by atoms with Gasteiger partial charge in [0.2, 0.25) is 11.2 Å². The van der Waals surface area contributed by atoms with Gasteiger partial charge in [-0.25, -0.2) is 4.98 Å². The second kappa shape index (κ2) is 4.23. The maximum absolute atomic E-state index is 5.85. The van der Waals surface area contributed by atoms with Gasteiger partial charge in [-0.1, -0.05) is 12.1 Å². The predicted octanol–water partition coefficient (Wildman–Crippen LogP) is 2.20. The second-order valence-corrected chi connectivity index (χ2v) is 3.96. The average Bonchev–Trinajstić information content (AvgIpc) is 2.74. The number of aromatic nitrogens is 5.